The summed E-state index contributed by atoms with van der Waals surface area (Å²) in [6.45, 7) is 1.96. The van der Waals surface area contributed by atoms with Gasteiger partial charge < -0.3 is 9.72 Å². The zero-order chi connectivity index (χ0) is 18.6. The van der Waals surface area contributed by atoms with Crippen molar-refractivity contribution < 1.29 is 9.53 Å². The van der Waals surface area contributed by atoms with Gasteiger partial charge in [0.2, 0.25) is 11.8 Å². The molecule has 6 nitrogen and oxygen atoms in total. The normalized spacial score (nSPS) is 11.9. The maximum atomic E-state index is 12.4. The average molecular weight is 358 g/mol. The SMILES string of the molecule is CC(Oc1ccc(C(=O)Nc2nc3ccccc3[nH]2)cn1)c1ccccc1. The number of aromatic amines is 1. The van der Waals surface area contributed by atoms with E-state index in [-0.39, 0.29) is 12.0 Å². The Hall–Kier alpha value is -3.67. The van der Waals surface area contributed by atoms with E-state index in [9.17, 15) is 4.79 Å². The molecule has 4 aromatic rings. The molecule has 0 fully saturated rings. The molecule has 0 bridgehead atoms. The zero-order valence-corrected chi connectivity index (χ0v) is 14.7. The Morgan fingerprint density at radius 1 is 1.04 bits per heavy atom. The van der Waals surface area contributed by atoms with Gasteiger partial charge in [-0.1, -0.05) is 42.5 Å². The molecule has 2 heterocycles. The first-order valence-corrected chi connectivity index (χ1v) is 8.63. The van der Waals surface area contributed by atoms with Gasteiger partial charge in [0.15, 0.2) is 0 Å². The van der Waals surface area contributed by atoms with E-state index in [1.165, 1.54) is 6.20 Å². The Morgan fingerprint density at radius 2 is 1.81 bits per heavy atom. The Labute approximate surface area is 156 Å². The largest absolute Gasteiger partial charge is 0.470 e. The van der Waals surface area contributed by atoms with Crippen molar-refractivity contribution in [1.29, 1.82) is 0 Å². The molecule has 0 aliphatic heterocycles. The topological polar surface area (TPSA) is 79.9 Å². The number of nitrogens with zero attached hydrogens (tertiary/aromatic N) is 2. The summed E-state index contributed by atoms with van der Waals surface area (Å²) in [5, 5.41) is 2.75. The Bertz CT molecular complexity index is 1030. The molecular weight excluding hydrogens is 340 g/mol. The second-order valence-electron chi connectivity index (χ2n) is 6.11. The molecule has 2 N–H and O–H groups in total. The number of amides is 1. The van der Waals surface area contributed by atoms with E-state index in [2.05, 4.69) is 20.3 Å². The van der Waals surface area contributed by atoms with E-state index < -0.39 is 0 Å². The summed E-state index contributed by atoms with van der Waals surface area (Å²) in [5.74, 6) is 0.579. The van der Waals surface area contributed by atoms with Crippen LogP contribution in [0.15, 0.2) is 72.9 Å². The first kappa shape index (κ1) is 16.8. The number of fused-ring (bicyclic) bond motifs is 1. The van der Waals surface area contributed by atoms with E-state index in [1.807, 2.05) is 61.5 Å². The number of hydrogen-bond acceptors (Lipinski definition) is 4. The molecule has 0 saturated heterocycles. The first-order chi connectivity index (χ1) is 13.2. The van der Waals surface area contributed by atoms with E-state index in [0.29, 0.717) is 17.4 Å². The number of hydrogen-bond donors (Lipinski definition) is 2. The maximum absolute atomic E-state index is 12.4. The van der Waals surface area contributed by atoms with Crippen LogP contribution in [0.4, 0.5) is 5.95 Å². The molecule has 2 aromatic heterocycles. The third-order valence-electron chi connectivity index (χ3n) is 4.19. The first-order valence-electron chi connectivity index (χ1n) is 8.63. The van der Waals surface area contributed by atoms with Crippen LogP contribution < -0.4 is 10.1 Å². The second-order valence-corrected chi connectivity index (χ2v) is 6.11. The Kier molecular flexibility index (Phi) is 4.53. The number of ether oxygens (including phenoxy) is 1. The minimum atomic E-state index is -0.288. The quantitative estimate of drug-likeness (QED) is 0.556. The molecule has 6 heteroatoms. The van der Waals surface area contributed by atoms with Crippen LogP contribution in [0.2, 0.25) is 0 Å². The number of benzene rings is 2. The summed E-state index contributed by atoms with van der Waals surface area (Å²) in [6, 6.07) is 20.8. The molecule has 134 valence electrons. The van der Waals surface area contributed by atoms with E-state index in [1.54, 1.807) is 12.1 Å². The standard InChI is InChI=1S/C21H18N4O2/c1-14(15-7-3-2-4-8-15)27-19-12-11-16(13-22-19)20(26)25-21-23-17-9-5-6-10-18(17)24-21/h2-14H,1H3,(H2,23,24,25,26). The van der Waals surface area contributed by atoms with Gasteiger partial charge in [-0.2, -0.15) is 0 Å². The third kappa shape index (κ3) is 3.79. The third-order valence-corrected chi connectivity index (χ3v) is 4.19. The molecule has 2 aromatic carbocycles. The predicted molar refractivity (Wildman–Crippen MR) is 104 cm³/mol. The summed E-state index contributed by atoms with van der Waals surface area (Å²) in [4.78, 5) is 24.0. The van der Waals surface area contributed by atoms with Crippen LogP contribution in [0.5, 0.6) is 5.88 Å². The van der Waals surface area contributed by atoms with Crippen LogP contribution >= 0.6 is 0 Å². The summed E-state index contributed by atoms with van der Waals surface area (Å²) >= 11 is 0. The van der Waals surface area contributed by atoms with Crippen LogP contribution in [0, 0.1) is 0 Å². The molecule has 1 unspecified atom stereocenters. The number of para-hydroxylation sites is 2. The van der Waals surface area contributed by atoms with Crippen LogP contribution in [0.3, 0.4) is 0 Å². The highest BCUT2D eigenvalue weighted by atomic mass is 16.5. The van der Waals surface area contributed by atoms with Gasteiger partial charge in [0, 0.05) is 12.3 Å². The fraction of sp³-hybridized carbons (Fsp3) is 0.0952. The summed E-state index contributed by atoms with van der Waals surface area (Å²) in [6.07, 6.45) is 1.36. The molecule has 0 spiro atoms. The van der Waals surface area contributed by atoms with Crippen molar-refractivity contribution in [1.82, 2.24) is 15.0 Å². The molecule has 0 aliphatic rings. The molecule has 4 rings (SSSR count). The van der Waals surface area contributed by atoms with Crippen molar-refractivity contribution in [3.63, 3.8) is 0 Å². The molecule has 27 heavy (non-hydrogen) atoms. The van der Waals surface area contributed by atoms with Crippen molar-refractivity contribution in [2.75, 3.05) is 5.32 Å². The number of carbonyl (C=O) groups excluding carboxylic acids is 1. The van der Waals surface area contributed by atoms with Crippen molar-refractivity contribution >= 4 is 22.9 Å². The molecule has 0 aliphatic carbocycles. The van der Waals surface area contributed by atoms with Gasteiger partial charge in [-0.15, -0.1) is 0 Å². The Balaban J connectivity index is 1.42. The lowest BCUT2D eigenvalue weighted by atomic mass is 10.1. The van der Waals surface area contributed by atoms with Gasteiger partial charge in [0.05, 0.1) is 16.6 Å². The van der Waals surface area contributed by atoms with E-state index >= 15 is 0 Å². The average Bonchev–Trinajstić information content (AvgIpc) is 3.11. The van der Waals surface area contributed by atoms with Gasteiger partial charge in [-0.25, -0.2) is 9.97 Å². The van der Waals surface area contributed by atoms with Crippen molar-refractivity contribution in [3.8, 4) is 5.88 Å². The highest BCUT2D eigenvalue weighted by Gasteiger charge is 2.12. The van der Waals surface area contributed by atoms with Gasteiger partial charge in [0.1, 0.15) is 6.10 Å². The van der Waals surface area contributed by atoms with Gasteiger partial charge >= 0.3 is 0 Å². The fourth-order valence-corrected chi connectivity index (χ4v) is 2.75. The van der Waals surface area contributed by atoms with Gasteiger partial charge in [-0.05, 0) is 30.7 Å². The number of imidazole rings is 1. The van der Waals surface area contributed by atoms with Crippen LogP contribution in [0.1, 0.15) is 28.9 Å². The number of nitrogens with one attached hydrogen (secondary N) is 2. The molecule has 1 amide bonds. The molecule has 1 atom stereocenters. The van der Waals surface area contributed by atoms with Crippen molar-refractivity contribution in [3.05, 3.63) is 84.1 Å². The number of aromatic nitrogens is 3. The molecule has 0 radical (unpaired) electrons. The summed E-state index contributed by atoms with van der Waals surface area (Å²) < 4.78 is 5.83. The lowest BCUT2D eigenvalue weighted by molar-refractivity contribution is 0.102. The van der Waals surface area contributed by atoms with E-state index in [4.69, 9.17) is 4.74 Å². The number of anilines is 1. The number of H-pyrrole nitrogens is 1. The number of rotatable bonds is 5. The van der Waals surface area contributed by atoms with Gasteiger partial charge in [-0.3, -0.25) is 10.1 Å². The Morgan fingerprint density at radius 3 is 2.56 bits per heavy atom. The lowest BCUT2D eigenvalue weighted by Gasteiger charge is -2.14. The van der Waals surface area contributed by atoms with E-state index in [0.717, 1.165) is 16.6 Å². The number of pyridine rings is 1. The van der Waals surface area contributed by atoms with Crippen molar-refractivity contribution in [2.24, 2.45) is 0 Å². The number of carbonyl (C=O) groups is 1. The summed E-state index contributed by atoms with van der Waals surface area (Å²) in [7, 11) is 0. The van der Waals surface area contributed by atoms with Crippen LogP contribution in [-0.2, 0) is 0 Å². The molecule has 0 saturated carbocycles. The zero-order valence-electron chi connectivity index (χ0n) is 14.7. The minimum Gasteiger partial charge on any atom is -0.470 e. The van der Waals surface area contributed by atoms with Gasteiger partial charge in [0.25, 0.3) is 5.91 Å². The maximum Gasteiger partial charge on any atom is 0.259 e. The van der Waals surface area contributed by atoms with Crippen molar-refractivity contribution in [2.45, 2.75) is 13.0 Å². The highest BCUT2D eigenvalue weighted by molar-refractivity contribution is 6.03. The second kappa shape index (κ2) is 7.29. The monoisotopic (exact) mass is 358 g/mol. The highest BCUT2D eigenvalue weighted by Crippen LogP contribution is 2.20. The smallest absolute Gasteiger partial charge is 0.259 e. The molecular formula is C21H18N4O2. The van der Waals surface area contributed by atoms with Crippen LogP contribution in [-0.4, -0.2) is 20.9 Å². The minimum absolute atomic E-state index is 0.131. The van der Waals surface area contributed by atoms with Crippen LogP contribution in [0.25, 0.3) is 11.0 Å². The lowest BCUT2D eigenvalue weighted by Crippen LogP contribution is -2.13. The summed E-state index contributed by atoms with van der Waals surface area (Å²) in [5.41, 5.74) is 3.15. The predicted octanol–water partition coefficient (Wildman–Crippen LogP) is 4.35. The fourth-order valence-electron chi connectivity index (χ4n) is 2.75.